The monoisotopic (exact) mass is 346 g/mol. The van der Waals surface area contributed by atoms with Crippen molar-refractivity contribution in [1.82, 2.24) is 9.55 Å². The van der Waals surface area contributed by atoms with E-state index in [2.05, 4.69) is 4.98 Å². The third-order valence-electron chi connectivity index (χ3n) is 3.82. The number of carboxylic acid groups (broad SMARTS) is 1. The van der Waals surface area contributed by atoms with Gasteiger partial charge < -0.3 is 9.67 Å². The van der Waals surface area contributed by atoms with Gasteiger partial charge in [0.25, 0.3) is 0 Å². The first-order chi connectivity index (χ1) is 11.3. The van der Waals surface area contributed by atoms with Crippen molar-refractivity contribution in [1.29, 1.82) is 0 Å². The van der Waals surface area contributed by atoms with E-state index in [1.54, 1.807) is 19.9 Å². The molecule has 3 aromatic rings. The van der Waals surface area contributed by atoms with Crippen LogP contribution >= 0.6 is 11.6 Å². The Balaban J connectivity index is 2.50. The van der Waals surface area contributed by atoms with Crippen LogP contribution < -0.4 is 5.43 Å². The fourth-order valence-corrected chi connectivity index (χ4v) is 2.61. The number of carboxylic acids is 1. The molecule has 0 saturated carbocycles. The molecule has 5 nitrogen and oxygen atoms in total. The molecule has 0 bridgehead atoms. The normalized spacial score (nSPS) is 11.0. The van der Waals surface area contributed by atoms with E-state index in [4.69, 9.17) is 11.6 Å². The lowest BCUT2D eigenvalue weighted by atomic mass is 10.1. The van der Waals surface area contributed by atoms with Crippen molar-refractivity contribution in [2.45, 2.75) is 13.8 Å². The van der Waals surface area contributed by atoms with Crippen LogP contribution in [-0.4, -0.2) is 20.6 Å². The second kappa shape index (κ2) is 5.72. The number of hydrogen-bond acceptors (Lipinski definition) is 3. The van der Waals surface area contributed by atoms with Crippen LogP contribution in [-0.2, 0) is 0 Å². The molecule has 3 rings (SSSR count). The van der Waals surface area contributed by atoms with Crippen molar-refractivity contribution < 1.29 is 14.3 Å². The molecule has 2 aromatic heterocycles. The molecule has 7 heteroatoms. The van der Waals surface area contributed by atoms with Crippen molar-refractivity contribution in [3.63, 3.8) is 0 Å². The molecule has 0 spiro atoms. The Bertz CT molecular complexity index is 1060. The summed E-state index contributed by atoms with van der Waals surface area (Å²) < 4.78 is 15.6. The molecule has 24 heavy (non-hydrogen) atoms. The van der Waals surface area contributed by atoms with Crippen LogP contribution in [0.5, 0.6) is 0 Å². The maximum atomic E-state index is 14.3. The fourth-order valence-electron chi connectivity index (χ4n) is 2.45. The van der Waals surface area contributed by atoms with Gasteiger partial charge in [-0.15, -0.1) is 0 Å². The first-order valence-electron chi connectivity index (χ1n) is 7.02. The minimum Gasteiger partial charge on any atom is -0.477 e. The molecule has 2 heterocycles. The summed E-state index contributed by atoms with van der Waals surface area (Å²) in [5, 5.41) is 9.49. The maximum absolute atomic E-state index is 14.3. The second-order valence-corrected chi connectivity index (χ2v) is 5.84. The van der Waals surface area contributed by atoms with E-state index in [0.29, 0.717) is 11.2 Å². The van der Waals surface area contributed by atoms with E-state index < -0.39 is 22.8 Å². The van der Waals surface area contributed by atoms with Gasteiger partial charge in [-0.3, -0.25) is 4.79 Å². The van der Waals surface area contributed by atoms with Crippen LogP contribution in [0, 0.1) is 19.7 Å². The van der Waals surface area contributed by atoms with Gasteiger partial charge in [0.05, 0.1) is 11.2 Å². The number of pyridine rings is 2. The molecule has 122 valence electrons. The number of halogens is 2. The Hall–Kier alpha value is -2.73. The number of fused-ring (bicyclic) bond motifs is 1. The predicted molar refractivity (Wildman–Crippen MR) is 88.7 cm³/mol. The first kappa shape index (κ1) is 16.1. The van der Waals surface area contributed by atoms with Crippen molar-refractivity contribution in [2.24, 2.45) is 0 Å². The molecule has 1 aromatic carbocycles. The van der Waals surface area contributed by atoms with Gasteiger partial charge in [0.15, 0.2) is 0 Å². The first-order valence-corrected chi connectivity index (χ1v) is 7.39. The van der Waals surface area contributed by atoms with Gasteiger partial charge in [0.2, 0.25) is 5.43 Å². The average molecular weight is 347 g/mol. The van der Waals surface area contributed by atoms with Gasteiger partial charge in [-0.05, 0) is 43.7 Å². The number of carbonyl (C=O) groups is 1. The van der Waals surface area contributed by atoms with E-state index in [9.17, 15) is 19.1 Å². The third-order valence-corrected chi connectivity index (χ3v) is 4.06. The van der Waals surface area contributed by atoms with Crippen LogP contribution in [0.15, 0.2) is 35.3 Å². The summed E-state index contributed by atoms with van der Waals surface area (Å²) in [5.41, 5.74) is 0.607. The highest BCUT2D eigenvalue weighted by atomic mass is 35.5. The van der Waals surface area contributed by atoms with Crippen LogP contribution in [0.25, 0.3) is 16.7 Å². The summed E-state index contributed by atoms with van der Waals surface area (Å²) >= 11 is 5.77. The molecular formula is C17H12ClFN2O3. The molecule has 0 radical (unpaired) electrons. The summed E-state index contributed by atoms with van der Waals surface area (Å²) in [4.78, 5) is 28.0. The lowest BCUT2D eigenvalue weighted by Crippen LogP contribution is -2.20. The zero-order chi connectivity index (χ0) is 17.6. The number of hydrogen-bond donors (Lipinski definition) is 1. The largest absolute Gasteiger partial charge is 0.477 e. The standard InChI is InChI=1S/C17H12ClFN2O3/c1-8-5-14-15(20-9(8)2)16(22)11(17(23)24)7-21(14)13-4-3-10(18)6-12(13)19/h3-7H,1-2H3,(H,23,24). The lowest BCUT2D eigenvalue weighted by molar-refractivity contribution is 0.0695. The number of aromatic nitrogens is 2. The van der Waals surface area contributed by atoms with Crippen molar-refractivity contribution >= 4 is 28.6 Å². The Labute approximate surface area is 141 Å². The zero-order valence-corrected chi connectivity index (χ0v) is 13.6. The number of aryl methyl sites for hydroxylation is 2. The Kier molecular flexibility index (Phi) is 3.85. The smallest absolute Gasteiger partial charge is 0.341 e. The number of nitrogens with zero attached hydrogens (tertiary/aromatic N) is 2. The highest BCUT2D eigenvalue weighted by molar-refractivity contribution is 6.30. The summed E-state index contributed by atoms with van der Waals surface area (Å²) in [5.74, 6) is -2.04. The van der Waals surface area contributed by atoms with E-state index in [-0.39, 0.29) is 16.2 Å². The topological polar surface area (TPSA) is 72.2 Å². The van der Waals surface area contributed by atoms with E-state index >= 15 is 0 Å². The SMILES string of the molecule is Cc1cc2c(nc1C)c(=O)c(C(=O)O)cn2-c1ccc(Cl)cc1F. The molecule has 1 N–H and O–H groups in total. The van der Waals surface area contributed by atoms with Gasteiger partial charge in [0, 0.05) is 16.9 Å². The summed E-state index contributed by atoms with van der Waals surface area (Å²) in [7, 11) is 0. The highest BCUT2D eigenvalue weighted by Crippen LogP contribution is 2.23. The molecule has 0 aliphatic heterocycles. The zero-order valence-electron chi connectivity index (χ0n) is 12.8. The molecule has 0 aliphatic carbocycles. The Morgan fingerprint density at radius 3 is 2.62 bits per heavy atom. The van der Waals surface area contributed by atoms with Crippen molar-refractivity contribution in [3.05, 3.63) is 68.3 Å². The van der Waals surface area contributed by atoms with Gasteiger partial charge >= 0.3 is 5.97 Å². The van der Waals surface area contributed by atoms with Crippen LogP contribution in [0.4, 0.5) is 4.39 Å². The van der Waals surface area contributed by atoms with Gasteiger partial charge in [-0.25, -0.2) is 14.2 Å². The number of benzene rings is 1. The fraction of sp³-hybridized carbons (Fsp3) is 0.118. The molecule has 0 aliphatic rings. The maximum Gasteiger partial charge on any atom is 0.341 e. The number of rotatable bonds is 2. The minimum atomic E-state index is -1.40. The van der Waals surface area contributed by atoms with Gasteiger partial charge in [-0.1, -0.05) is 11.6 Å². The predicted octanol–water partition coefficient (Wildman–Crippen LogP) is 3.49. The third kappa shape index (κ3) is 2.55. The minimum absolute atomic E-state index is 0.0210. The van der Waals surface area contributed by atoms with E-state index in [1.165, 1.54) is 16.7 Å². The lowest BCUT2D eigenvalue weighted by Gasteiger charge is -2.14. The highest BCUT2D eigenvalue weighted by Gasteiger charge is 2.18. The van der Waals surface area contributed by atoms with Crippen LogP contribution in [0.3, 0.4) is 0 Å². The molecule has 0 unspecified atom stereocenters. The second-order valence-electron chi connectivity index (χ2n) is 5.40. The van der Waals surface area contributed by atoms with Crippen LogP contribution in [0.2, 0.25) is 5.02 Å². The van der Waals surface area contributed by atoms with Crippen LogP contribution in [0.1, 0.15) is 21.6 Å². The van der Waals surface area contributed by atoms with E-state index in [0.717, 1.165) is 17.8 Å². The number of aromatic carboxylic acids is 1. The van der Waals surface area contributed by atoms with Gasteiger partial charge in [-0.2, -0.15) is 0 Å². The summed E-state index contributed by atoms with van der Waals surface area (Å²) in [6.45, 7) is 3.52. The molecule has 0 atom stereocenters. The Morgan fingerprint density at radius 2 is 2.00 bits per heavy atom. The van der Waals surface area contributed by atoms with E-state index in [1.807, 2.05) is 0 Å². The Morgan fingerprint density at radius 1 is 1.29 bits per heavy atom. The molecule has 0 saturated heterocycles. The molecular weight excluding hydrogens is 335 g/mol. The summed E-state index contributed by atoms with van der Waals surface area (Å²) in [6, 6.07) is 5.70. The molecule has 0 amide bonds. The average Bonchev–Trinajstić information content (AvgIpc) is 2.50. The molecule has 0 fully saturated rings. The quantitative estimate of drug-likeness (QED) is 0.771. The summed E-state index contributed by atoms with van der Waals surface area (Å²) in [6.07, 6.45) is 1.11. The van der Waals surface area contributed by atoms with Crippen molar-refractivity contribution in [2.75, 3.05) is 0 Å². The van der Waals surface area contributed by atoms with Crippen molar-refractivity contribution in [3.8, 4) is 5.69 Å². The van der Waals surface area contributed by atoms with Gasteiger partial charge in [0.1, 0.15) is 16.9 Å².